The van der Waals surface area contributed by atoms with Crippen LogP contribution < -0.4 is 0 Å². The molecule has 0 unspecified atom stereocenters. The van der Waals surface area contributed by atoms with Gasteiger partial charge in [-0.15, -0.1) is 0 Å². The van der Waals surface area contributed by atoms with Crippen LogP contribution in [0.2, 0.25) is 0 Å². The number of likely N-dealkylation sites (N-methyl/N-ethyl adjacent to an activating group) is 1. The van der Waals surface area contributed by atoms with Gasteiger partial charge in [0, 0.05) is 7.05 Å². The highest BCUT2D eigenvalue weighted by Gasteiger charge is 2.22. The molecule has 0 saturated carbocycles. The first kappa shape index (κ1) is 16.1. The number of rotatable bonds is 5. The van der Waals surface area contributed by atoms with Gasteiger partial charge in [-0.3, -0.25) is 4.79 Å². The van der Waals surface area contributed by atoms with Gasteiger partial charge in [-0.05, 0) is 17.7 Å². The SMILES string of the molecule is COC(=O)CN(C)S(=O)(=O)Cc1ccc(F)cc1C#N. The molecule has 0 bridgehead atoms. The van der Waals surface area contributed by atoms with Crippen LogP contribution in [0.4, 0.5) is 4.39 Å². The van der Waals surface area contributed by atoms with E-state index in [0.29, 0.717) is 0 Å². The molecule has 0 radical (unpaired) electrons. The van der Waals surface area contributed by atoms with Crippen molar-refractivity contribution in [2.45, 2.75) is 5.75 Å². The molecule has 6 nitrogen and oxygen atoms in total. The maximum absolute atomic E-state index is 13.0. The zero-order chi connectivity index (χ0) is 15.3. The quantitative estimate of drug-likeness (QED) is 0.744. The zero-order valence-corrected chi connectivity index (χ0v) is 11.8. The molecular formula is C12H13FN2O4S. The van der Waals surface area contributed by atoms with Crippen LogP contribution in [-0.4, -0.2) is 39.4 Å². The molecule has 0 aromatic heterocycles. The number of carbonyl (C=O) groups excluding carboxylic acids is 1. The summed E-state index contributed by atoms with van der Waals surface area (Å²) >= 11 is 0. The van der Waals surface area contributed by atoms with Gasteiger partial charge in [0.15, 0.2) is 0 Å². The molecular weight excluding hydrogens is 287 g/mol. The third-order valence-electron chi connectivity index (χ3n) is 2.58. The molecule has 108 valence electrons. The van der Waals surface area contributed by atoms with Crippen molar-refractivity contribution in [1.82, 2.24) is 4.31 Å². The first-order chi connectivity index (χ1) is 9.30. The third kappa shape index (κ3) is 4.01. The van der Waals surface area contributed by atoms with Gasteiger partial charge in [0.1, 0.15) is 12.4 Å². The molecule has 0 aliphatic rings. The van der Waals surface area contributed by atoms with Crippen molar-refractivity contribution in [2.24, 2.45) is 0 Å². The Hall–Kier alpha value is -1.98. The van der Waals surface area contributed by atoms with Crippen molar-refractivity contribution in [3.63, 3.8) is 0 Å². The van der Waals surface area contributed by atoms with Gasteiger partial charge in [0.25, 0.3) is 0 Å². The van der Waals surface area contributed by atoms with Crippen LogP contribution in [0.1, 0.15) is 11.1 Å². The van der Waals surface area contributed by atoms with E-state index in [1.165, 1.54) is 13.1 Å². The maximum atomic E-state index is 13.0. The van der Waals surface area contributed by atoms with E-state index in [9.17, 15) is 17.6 Å². The number of methoxy groups -OCH3 is 1. The minimum Gasteiger partial charge on any atom is -0.468 e. The lowest BCUT2D eigenvalue weighted by Crippen LogP contribution is -2.33. The van der Waals surface area contributed by atoms with Gasteiger partial charge in [-0.1, -0.05) is 6.07 Å². The van der Waals surface area contributed by atoms with E-state index in [1.54, 1.807) is 6.07 Å². The van der Waals surface area contributed by atoms with Crippen LogP contribution in [0.3, 0.4) is 0 Å². The minimum absolute atomic E-state index is 0.0555. The van der Waals surface area contributed by atoms with Gasteiger partial charge < -0.3 is 4.74 Å². The highest BCUT2D eigenvalue weighted by Crippen LogP contribution is 2.15. The van der Waals surface area contributed by atoms with Crippen LogP contribution in [0.25, 0.3) is 0 Å². The molecule has 0 amide bonds. The number of carbonyl (C=O) groups is 1. The molecule has 8 heteroatoms. The summed E-state index contributed by atoms with van der Waals surface area (Å²) in [5, 5.41) is 8.86. The van der Waals surface area contributed by atoms with E-state index >= 15 is 0 Å². The molecule has 0 atom stereocenters. The summed E-state index contributed by atoms with van der Waals surface area (Å²) in [4.78, 5) is 11.1. The van der Waals surface area contributed by atoms with Crippen LogP contribution in [0, 0.1) is 17.1 Å². The summed E-state index contributed by atoms with van der Waals surface area (Å²) in [7, 11) is -1.43. The molecule has 0 saturated heterocycles. The van der Waals surface area contributed by atoms with E-state index in [-0.39, 0.29) is 11.1 Å². The standard InChI is InChI=1S/C12H13FN2O4S/c1-15(7-12(16)19-2)20(17,18)8-9-3-4-11(13)5-10(9)6-14/h3-5H,7-8H2,1-2H3. The molecule has 20 heavy (non-hydrogen) atoms. The highest BCUT2D eigenvalue weighted by atomic mass is 32.2. The Balaban J connectivity index is 2.97. The Morgan fingerprint density at radius 2 is 2.15 bits per heavy atom. The predicted octanol–water partition coefficient (Wildman–Crippen LogP) is 0.632. The number of ether oxygens (including phenoxy) is 1. The zero-order valence-electron chi connectivity index (χ0n) is 11.0. The predicted molar refractivity (Wildman–Crippen MR) is 68.4 cm³/mol. The van der Waals surface area contributed by atoms with Crippen molar-refractivity contribution in [3.05, 3.63) is 35.1 Å². The molecule has 0 heterocycles. The lowest BCUT2D eigenvalue weighted by Gasteiger charge is -2.16. The normalized spacial score (nSPS) is 11.2. The Labute approximate surface area is 116 Å². The maximum Gasteiger partial charge on any atom is 0.320 e. The van der Waals surface area contributed by atoms with E-state index in [2.05, 4.69) is 4.74 Å². The van der Waals surface area contributed by atoms with E-state index in [0.717, 1.165) is 23.5 Å². The van der Waals surface area contributed by atoms with E-state index in [4.69, 9.17) is 5.26 Å². The molecule has 1 rings (SSSR count). The van der Waals surface area contributed by atoms with Gasteiger partial charge in [-0.2, -0.15) is 9.57 Å². The second kappa shape index (κ2) is 6.45. The van der Waals surface area contributed by atoms with Crippen LogP contribution in [0.5, 0.6) is 0 Å². The van der Waals surface area contributed by atoms with Crippen molar-refractivity contribution in [3.8, 4) is 6.07 Å². The van der Waals surface area contributed by atoms with E-state index < -0.39 is 34.1 Å². The average Bonchev–Trinajstić information content (AvgIpc) is 2.40. The Bertz CT molecular complexity index is 652. The summed E-state index contributed by atoms with van der Waals surface area (Å²) in [6.07, 6.45) is 0. The van der Waals surface area contributed by atoms with E-state index in [1.807, 2.05) is 0 Å². The second-order valence-corrected chi connectivity index (χ2v) is 6.08. The Morgan fingerprint density at radius 1 is 1.50 bits per heavy atom. The summed E-state index contributed by atoms with van der Waals surface area (Å²) in [5.41, 5.74) is 0.116. The summed E-state index contributed by atoms with van der Waals surface area (Å²) in [6, 6.07) is 5.01. The lowest BCUT2D eigenvalue weighted by atomic mass is 10.1. The average molecular weight is 300 g/mol. The van der Waals surface area contributed by atoms with Crippen molar-refractivity contribution in [1.29, 1.82) is 5.26 Å². The fourth-order valence-corrected chi connectivity index (χ4v) is 2.60. The van der Waals surface area contributed by atoms with Crippen molar-refractivity contribution in [2.75, 3.05) is 20.7 Å². The van der Waals surface area contributed by atoms with Gasteiger partial charge in [0.2, 0.25) is 10.0 Å². The topological polar surface area (TPSA) is 87.5 Å². The number of benzene rings is 1. The van der Waals surface area contributed by atoms with Crippen LogP contribution in [0.15, 0.2) is 18.2 Å². The largest absolute Gasteiger partial charge is 0.468 e. The molecule has 1 aromatic rings. The number of esters is 1. The number of sulfonamides is 1. The Morgan fingerprint density at radius 3 is 2.70 bits per heavy atom. The molecule has 1 aromatic carbocycles. The first-order valence-electron chi connectivity index (χ1n) is 5.49. The third-order valence-corrected chi connectivity index (χ3v) is 4.34. The lowest BCUT2D eigenvalue weighted by molar-refractivity contribution is -0.140. The van der Waals surface area contributed by atoms with Gasteiger partial charge in [-0.25, -0.2) is 12.8 Å². The van der Waals surface area contributed by atoms with Crippen molar-refractivity contribution >= 4 is 16.0 Å². The Kier molecular flexibility index (Phi) is 5.19. The first-order valence-corrected chi connectivity index (χ1v) is 7.10. The number of halogens is 1. The van der Waals surface area contributed by atoms with Gasteiger partial charge in [0.05, 0.1) is 24.5 Å². The smallest absolute Gasteiger partial charge is 0.320 e. The number of nitriles is 1. The molecule has 0 fully saturated rings. The van der Waals surface area contributed by atoms with Crippen molar-refractivity contribution < 1.29 is 22.3 Å². The summed E-state index contributed by atoms with van der Waals surface area (Å²) in [6.45, 7) is -0.429. The molecule has 0 N–H and O–H groups in total. The molecule has 0 aliphatic carbocycles. The molecule has 0 aliphatic heterocycles. The summed E-state index contributed by atoms with van der Waals surface area (Å²) in [5.74, 6) is -1.81. The highest BCUT2D eigenvalue weighted by molar-refractivity contribution is 7.88. The molecule has 0 spiro atoms. The monoisotopic (exact) mass is 300 g/mol. The second-order valence-electron chi connectivity index (χ2n) is 4.00. The summed E-state index contributed by atoms with van der Waals surface area (Å²) < 4.78 is 42.2. The number of hydrogen-bond acceptors (Lipinski definition) is 5. The van der Waals surface area contributed by atoms with Gasteiger partial charge >= 0.3 is 5.97 Å². The minimum atomic E-state index is -3.80. The number of hydrogen-bond donors (Lipinski definition) is 0. The van der Waals surface area contributed by atoms with Crippen LogP contribution in [-0.2, 0) is 25.3 Å². The number of nitrogens with zero attached hydrogens (tertiary/aromatic N) is 2. The fraction of sp³-hybridized carbons (Fsp3) is 0.333. The fourth-order valence-electron chi connectivity index (χ4n) is 1.43. The van der Waals surface area contributed by atoms with Crippen LogP contribution >= 0.6 is 0 Å².